The number of hydrogen-bond donors (Lipinski definition) is 2. The molecule has 0 unspecified atom stereocenters. The smallest absolute Gasteiger partial charge is 0.271 e. The van der Waals surface area contributed by atoms with Gasteiger partial charge in [0, 0.05) is 23.5 Å². The molecule has 0 atom stereocenters. The molecule has 1 aliphatic rings. The molecule has 6 nitrogen and oxygen atoms in total. The number of nitrogens with zero attached hydrogens (tertiary/aromatic N) is 3. The number of aromatic nitrogens is 4. The Morgan fingerprint density at radius 3 is 2.53 bits per heavy atom. The summed E-state index contributed by atoms with van der Waals surface area (Å²) in [5.74, 6) is 0.364. The van der Waals surface area contributed by atoms with Gasteiger partial charge in [0.15, 0.2) is 5.82 Å². The first kappa shape index (κ1) is 24.4. The number of nitrogens with one attached hydrogen (secondary N) is 2. The number of para-hydroxylation sites is 1. The van der Waals surface area contributed by atoms with Gasteiger partial charge in [0.05, 0.1) is 22.6 Å². The SMILES string of the molecule is Cc1ccccc1-n1nc(-c2c(NCC3(CBr)CCCCC3)n[nH]c2-c2ccc(F)cc2)ccc1=O. The number of anilines is 1. The summed E-state index contributed by atoms with van der Waals surface area (Å²) in [5.41, 5.74) is 4.49. The number of benzene rings is 2. The van der Waals surface area contributed by atoms with E-state index in [0.717, 1.165) is 52.8 Å². The van der Waals surface area contributed by atoms with Crippen LogP contribution in [0.3, 0.4) is 0 Å². The van der Waals surface area contributed by atoms with E-state index < -0.39 is 0 Å². The van der Waals surface area contributed by atoms with Crippen LogP contribution < -0.4 is 10.9 Å². The molecule has 1 fully saturated rings. The highest BCUT2D eigenvalue weighted by Crippen LogP contribution is 2.40. The van der Waals surface area contributed by atoms with Crippen LogP contribution in [-0.4, -0.2) is 31.9 Å². The summed E-state index contributed by atoms with van der Waals surface area (Å²) in [4.78, 5) is 12.8. The number of aromatic amines is 1. The molecule has 2 aromatic heterocycles. The Hall–Kier alpha value is -3.26. The minimum absolute atomic E-state index is 0.165. The number of alkyl halides is 1. The zero-order valence-electron chi connectivity index (χ0n) is 20.2. The van der Waals surface area contributed by atoms with Crippen molar-refractivity contribution in [2.24, 2.45) is 5.41 Å². The van der Waals surface area contributed by atoms with E-state index in [4.69, 9.17) is 5.10 Å². The second-order valence-electron chi connectivity index (χ2n) is 9.63. The molecule has 0 saturated heterocycles. The molecular weight excluding hydrogens is 521 g/mol. The summed E-state index contributed by atoms with van der Waals surface area (Å²) in [7, 11) is 0. The molecular formula is C28H29BrFN5O. The number of halogens is 2. The molecule has 2 N–H and O–H groups in total. The van der Waals surface area contributed by atoms with E-state index in [-0.39, 0.29) is 16.8 Å². The molecule has 8 heteroatoms. The van der Waals surface area contributed by atoms with Crippen LogP contribution in [0, 0.1) is 18.2 Å². The molecule has 4 aromatic rings. The van der Waals surface area contributed by atoms with E-state index in [1.54, 1.807) is 18.2 Å². The topological polar surface area (TPSA) is 75.6 Å². The Balaban J connectivity index is 1.60. The highest BCUT2D eigenvalue weighted by atomic mass is 79.9. The van der Waals surface area contributed by atoms with Gasteiger partial charge in [-0.2, -0.15) is 14.9 Å². The zero-order chi connectivity index (χ0) is 25.1. The zero-order valence-corrected chi connectivity index (χ0v) is 21.8. The quantitative estimate of drug-likeness (QED) is 0.258. The Labute approximate surface area is 218 Å². The largest absolute Gasteiger partial charge is 0.367 e. The number of hydrogen-bond acceptors (Lipinski definition) is 4. The molecule has 2 heterocycles. The lowest BCUT2D eigenvalue weighted by atomic mass is 9.75. The fourth-order valence-electron chi connectivity index (χ4n) is 4.99. The fraction of sp³-hybridized carbons (Fsp3) is 0.321. The van der Waals surface area contributed by atoms with Crippen molar-refractivity contribution in [2.75, 3.05) is 17.2 Å². The predicted molar refractivity (Wildman–Crippen MR) is 145 cm³/mol. The summed E-state index contributed by atoms with van der Waals surface area (Å²) in [6.07, 6.45) is 6.05. The summed E-state index contributed by atoms with van der Waals surface area (Å²) < 4.78 is 15.1. The summed E-state index contributed by atoms with van der Waals surface area (Å²) in [6, 6.07) is 17.2. The third-order valence-corrected chi connectivity index (χ3v) is 8.32. The standard InChI is InChI=1S/C28H29BrFN5O/c1-19-7-3-4-8-23(19)35-24(36)14-13-22(34-35)25-26(20-9-11-21(30)12-10-20)32-33-27(25)31-18-28(17-29)15-5-2-6-16-28/h3-4,7-14H,2,5-6,15-18H2,1H3,(H2,31,32,33). The van der Waals surface area contributed by atoms with E-state index in [1.165, 1.54) is 42.1 Å². The minimum atomic E-state index is -0.305. The van der Waals surface area contributed by atoms with Crippen molar-refractivity contribution in [2.45, 2.75) is 39.0 Å². The molecule has 0 amide bonds. The van der Waals surface area contributed by atoms with Gasteiger partial charge in [0.1, 0.15) is 5.82 Å². The van der Waals surface area contributed by atoms with Gasteiger partial charge in [-0.1, -0.05) is 53.4 Å². The first-order valence-electron chi connectivity index (χ1n) is 12.3. The van der Waals surface area contributed by atoms with E-state index in [1.807, 2.05) is 31.2 Å². The first-order chi connectivity index (χ1) is 17.5. The number of H-pyrrole nitrogens is 1. The maximum absolute atomic E-state index is 13.7. The maximum Gasteiger partial charge on any atom is 0.271 e. The van der Waals surface area contributed by atoms with Crippen molar-refractivity contribution in [3.8, 4) is 28.2 Å². The average Bonchev–Trinajstić information content (AvgIpc) is 3.33. The van der Waals surface area contributed by atoms with E-state index in [2.05, 4.69) is 31.4 Å². The van der Waals surface area contributed by atoms with Gasteiger partial charge in [-0.25, -0.2) is 4.39 Å². The van der Waals surface area contributed by atoms with Crippen LogP contribution in [-0.2, 0) is 0 Å². The molecule has 0 spiro atoms. The van der Waals surface area contributed by atoms with Gasteiger partial charge in [0.2, 0.25) is 0 Å². The van der Waals surface area contributed by atoms with Crippen LogP contribution in [0.4, 0.5) is 10.2 Å². The van der Waals surface area contributed by atoms with E-state index in [9.17, 15) is 9.18 Å². The number of aryl methyl sites for hydroxylation is 1. The normalized spacial score (nSPS) is 15.1. The van der Waals surface area contributed by atoms with Crippen molar-refractivity contribution in [3.05, 3.63) is 82.4 Å². The van der Waals surface area contributed by atoms with E-state index in [0.29, 0.717) is 11.5 Å². The summed E-state index contributed by atoms with van der Waals surface area (Å²) >= 11 is 3.75. The summed E-state index contributed by atoms with van der Waals surface area (Å²) in [5, 5.41) is 17.0. The van der Waals surface area contributed by atoms with Gasteiger partial charge < -0.3 is 5.32 Å². The van der Waals surface area contributed by atoms with Crippen molar-refractivity contribution in [3.63, 3.8) is 0 Å². The molecule has 5 rings (SSSR count). The van der Waals surface area contributed by atoms with Crippen LogP contribution in [0.15, 0.2) is 65.5 Å². The third kappa shape index (κ3) is 4.87. The predicted octanol–water partition coefficient (Wildman–Crippen LogP) is 6.49. The fourth-order valence-corrected chi connectivity index (χ4v) is 5.75. The first-order valence-corrected chi connectivity index (χ1v) is 13.4. The second kappa shape index (κ2) is 10.4. The Morgan fingerprint density at radius 2 is 1.81 bits per heavy atom. The van der Waals surface area contributed by atoms with Crippen LogP contribution in [0.5, 0.6) is 0 Å². The second-order valence-corrected chi connectivity index (χ2v) is 10.2. The lowest BCUT2D eigenvalue weighted by Gasteiger charge is -2.36. The van der Waals surface area contributed by atoms with Gasteiger partial charge in [-0.15, -0.1) is 0 Å². The van der Waals surface area contributed by atoms with Crippen molar-refractivity contribution in [1.82, 2.24) is 20.0 Å². The van der Waals surface area contributed by atoms with Crippen LogP contribution >= 0.6 is 15.9 Å². The molecule has 36 heavy (non-hydrogen) atoms. The van der Waals surface area contributed by atoms with Crippen molar-refractivity contribution >= 4 is 21.7 Å². The Morgan fingerprint density at radius 1 is 1.06 bits per heavy atom. The van der Waals surface area contributed by atoms with Crippen molar-refractivity contribution < 1.29 is 4.39 Å². The molecule has 0 bridgehead atoms. The molecule has 2 aromatic carbocycles. The summed E-state index contributed by atoms with van der Waals surface area (Å²) in [6.45, 7) is 2.73. The molecule has 0 radical (unpaired) electrons. The monoisotopic (exact) mass is 549 g/mol. The van der Waals surface area contributed by atoms with Gasteiger partial charge in [-0.3, -0.25) is 9.89 Å². The molecule has 1 aliphatic carbocycles. The lowest BCUT2D eigenvalue weighted by molar-refractivity contribution is 0.241. The molecule has 1 saturated carbocycles. The van der Waals surface area contributed by atoms with Gasteiger partial charge in [0.25, 0.3) is 5.56 Å². The highest BCUT2D eigenvalue weighted by Gasteiger charge is 2.31. The Bertz CT molecular complexity index is 1410. The van der Waals surface area contributed by atoms with Crippen molar-refractivity contribution in [1.29, 1.82) is 0 Å². The third-order valence-electron chi connectivity index (χ3n) is 7.13. The van der Waals surface area contributed by atoms with Crippen LogP contribution in [0.25, 0.3) is 28.2 Å². The molecule has 0 aliphatic heterocycles. The highest BCUT2D eigenvalue weighted by molar-refractivity contribution is 9.09. The Kier molecular flexibility index (Phi) is 7.05. The van der Waals surface area contributed by atoms with E-state index >= 15 is 0 Å². The van der Waals surface area contributed by atoms with Crippen LogP contribution in [0.2, 0.25) is 0 Å². The minimum Gasteiger partial charge on any atom is -0.367 e. The molecule has 186 valence electrons. The lowest BCUT2D eigenvalue weighted by Crippen LogP contribution is -2.34. The number of rotatable bonds is 7. The maximum atomic E-state index is 13.7. The van der Waals surface area contributed by atoms with Gasteiger partial charge >= 0.3 is 0 Å². The average molecular weight is 550 g/mol. The van der Waals surface area contributed by atoms with Crippen LogP contribution in [0.1, 0.15) is 37.7 Å². The van der Waals surface area contributed by atoms with Gasteiger partial charge in [-0.05, 0) is 67.1 Å².